The number of amidine groups is 1. The zero-order valence-electron chi connectivity index (χ0n) is 10.3. The van der Waals surface area contributed by atoms with Crippen molar-refractivity contribution in [1.82, 2.24) is 0 Å². The maximum absolute atomic E-state index is 10.6. The molecule has 1 fully saturated rings. The second kappa shape index (κ2) is 5.62. The standard InChI is InChI=1S/C13H17N3O2/c14-13(15-9-3-1-2-4-10-15)11-5-7-12(8-6-11)16(17)18/h5-8,14H,1-4,9-10H2/p+1. The first-order chi connectivity index (χ1) is 8.68. The number of rotatable bonds is 2. The molecule has 18 heavy (non-hydrogen) atoms. The summed E-state index contributed by atoms with van der Waals surface area (Å²) in [4.78, 5) is 10.2. The normalized spacial score (nSPS) is 16.1. The molecule has 1 aromatic rings. The van der Waals surface area contributed by atoms with E-state index in [-0.39, 0.29) is 5.69 Å². The predicted octanol–water partition coefficient (Wildman–Crippen LogP) is 1.89. The summed E-state index contributed by atoms with van der Waals surface area (Å²) in [5.74, 6) is 0.729. The Balaban J connectivity index is 2.23. The van der Waals surface area contributed by atoms with Gasteiger partial charge >= 0.3 is 0 Å². The van der Waals surface area contributed by atoms with Gasteiger partial charge in [-0.1, -0.05) is 0 Å². The van der Waals surface area contributed by atoms with Crippen molar-refractivity contribution in [1.29, 1.82) is 0 Å². The number of non-ortho nitro benzene ring substituents is 1. The Bertz CT molecular complexity index is 456. The highest BCUT2D eigenvalue weighted by molar-refractivity contribution is 5.93. The zero-order valence-corrected chi connectivity index (χ0v) is 10.3. The molecule has 0 aliphatic carbocycles. The summed E-state index contributed by atoms with van der Waals surface area (Å²) >= 11 is 0. The first-order valence-corrected chi connectivity index (χ1v) is 6.30. The van der Waals surface area contributed by atoms with Crippen LogP contribution in [0.15, 0.2) is 24.3 Å². The van der Waals surface area contributed by atoms with Crippen molar-refractivity contribution in [3.63, 3.8) is 0 Å². The quantitative estimate of drug-likeness (QED) is 0.376. The maximum Gasteiger partial charge on any atom is 0.274 e. The van der Waals surface area contributed by atoms with E-state index >= 15 is 0 Å². The minimum atomic E-state index is -0.397. The number of nitrogens with two attached hydrogens (primary N) is 1. The molecule has 5 nitrogen and oxygen atoms in total. The molecule has 2 rings (SSSR count). The molecule has 0 unspecified atom stereocenters. The second-order valence-electron chi connectivity index (χ2n) is 4.59. The smallest absolute Gasteiger partial charge is 0.274 e. The van der Waals surface area contributed by atoms with E-state index in [4.69, 9.17) is 5.73 Å². The molecule has 2 N–H and O–H groups in total. The fraction of sp³-hybridized carbons (Fsp3) is 0.462. The van der Waals surface area contributed by atoms with Gasteiger partial charge in [0.15, 0.2) is 0 Å². The third-order valence-electron chi connectivity index (χ3n) is 3.32. The number of nitro groups is 1. The van der Waals surface area contributed by atoms with Crippen LogP contribution in [0.2, 0.25) is 0 Å². The van der Waals surface area contributed by atoms with Crippen LogP contribution in [-0.2, 0) is 0 Å². The van der Waals surface area contributed by atoms with Gasteiger partial charge in [-0.05, 0) is 37.8 Å². The van der Waals surface area contributed by atoms with Crippen LogP contribution in [0.3, 0.4) is 0 Å². The fourth-order valence-electron chi connectivity index (χ4n) is 2.25. The van der Waals surface area contributed by atoms with Gasteiger partial charge in [0.25, 0.3) is 11.5 Å². The number of benzene rings is 1. The van der Waals surface area contributed by atoms with Crippen LogP contribution in [-0.4, -0.2) is 28.4 Å². The molecular weight excluding hydrogens is 230 g/mol. The molecule has 0 amide bonds. The van der Waals surface area contributed by atoms with Gasteiger partial charge in [0.1, 0.15) is 0 Å². The fourth-order valence-corrected chi connectivity index (χ4v) is 2.25. The minimum absolute atomic E-state index is 0.0995. The average Bonchev–Trinajstić information content (AvgIpc) is 2.67. The molecule has 0 radical (unpaired) electrons. The molecule has 0 saturated carbocycles. The van der Waals surface area contributed by atoms with E-state index < -0.39 is 4.92 Å². The summed E-state index contributed by atoms with van der Waals surface area (Å²) in [6, 6.07) is 6.44. The lowest BCUT2D eigenvalue weighted by Gasteiger charge is -2.06. The summed E-state index contributed by atoms with van der Waals surface area (Å²) in [5.41, 5.74) is 7.10. The van der Waals surface area contributed by atoms with Gasteiger partial charge < -0.3 is 0 Å². The van der Waals surface area contributed by atoms with E-state index in [1.165, 1.54) is 25.0 Å². The molecule has 1 aliphatic heterocycles. The summed E-state index contributed by atoms with van der Waals surface area (Å²) < 4.78 is 2.17. The first-order valence-electron chi connectivity index (χ1n) is 6.30. The second-order valence-corrected chi connectivity index (χ2v) is 4.59. The summed E-state index contributed by atoms with van der Waals surface area (Å²) in [7, 11) is 0. The van der Waals surface area contributed by atoms with Crippen molar-refractivity contribution in [2.24, 2.45) is 5.73 Å². The lowest BCUT2D eigenvalue weighted by molar-refractivity contribution is -0.526. The van der Waals surface area contributed by atoms with Crippen molar-refractivity contribution in [3.8, 4) is 0 Å². The van der Waals surface area contributed by atoms with Gasteiger partial charge in [0, 0.05) is 12.1 Å². The largest absolute Gasteiger partial charge is 0.287 e. The molecule has 0 bridgehead atoms. The van der Waals surface area contributed by atoms with Gasteiger partial charge in [0.05, 0.1) is 23.6 Å². The van der Waals surface area contributed by atoms with Crippen LogP contribution in [0.25, 0.3) is 0 Å². The zero-order chi connectivity index (χ0) is 13.0. The molecule has 96 valence electrons. The summed E-state index contributed by atoms with van der Waals surface area (Å²) in [5, 5.41) is 10.6. The van der Waals surface area contributed by atoms with Crippen molar-refractivity contribution in [2.45, 2.75) is 25.7 Å². The van der Waals surface area contributed by atoms with Gasteiger partial charge in [-0.2, -0.15) is 0 Å². The highest BCUT2D eigenvalue weighted by Gasteiger charge is 2.15. The Labute approximate surface area is 106 Å². The van der Waals surface area contributed by atoms with Crippen molar-refractivity contribution >= 4 is 11.5 Å². The highest BCUT2D eigenvalue weighted by atomic mass is 16.6. The molecule has 0 atom stereocenters. The Hall–Kier alpha value is -1.91. The van der Waals surface area contributed by atoms with E-state index in [2.05, 4.69) is 4.58 Å². The Kier molecular flexibility index (Phi) is 3.92. The summed E-state index contributed by atoms with van der Waals surface area (Å²) in [6.45, 7) is 1.95. The third-order valence-corrected chi connectivity index (χ3v) is 3.32. The van der Waals surface area contributed by atoms with E-state index in [0.717, 1.165) is 37.3 Å². The van der Waals surface area contributed by atoms with Crippen molar-refractivity contribution < 1.29 is 9.50 Å². The SMILES string of the molecule is NC(c1ccc([N+](=O)[O-])cc1)=[N+]1CCCCCC1. The van der Waals surface area contributed by atoms with Gasteiger partial charge in [-0.15, -0.1) is 0 Å². The number of nitro benzene ring substituents is 1. The van der Waals surface area contributed by atoms with Gasteiger partial charge in [0.2, 0.25) is 0 Å². The van der Waals surface area contributed by atoms with Crippen LogP contribution < -0.4 is 5.73 Å². The Morgan fingerprint density at radius 3 is 2.17 bits per heavy atom. The third kappa shape index (κ3) is 2.85. The molecule has 1 saturated heterocycles. The Morgan fingerprint density at radius 2 is 1.67 bits per heavy atom. The van der Waals surface area contributed by atoms with Crippen LogP contribution in [0.1, 0.15) is 31.2 Å². The molecule has 0 spiro atoms. The topological polar surface area (TPSA) is 72.2 Å². The maximum atomic E-state index is 10.6. The lowest BCUT2D eigenvalue weighted by atomic mass is 10.2. The number of hydrogen-bond acceptors (Lipinski definition) is 2. The van der Waals surface area contributed by atoms with E-state index in [9.17, 15) is 10.1 Å². The van der Waals surface area contributed by atoms with Gasteiger partial charge in [-0.25, -0.2) is 0 Å². The lowest BCUT2D eigenvalue weighted by Crippen LogP contribution is -2.30. The summed E-state index contributed by atoms with van der Waals surface area (Å²) in [6.07, 6.45) is 4.83. The minimum Gasteiger partial charge on any atom is -0.287 e. The molecule has 1 heterocycles. The average molecular weight is 248 g/mol. The molecule has 1 aliphatic rings. The first kappa shape index (κ1) is 12.5. The predicted molar refractivity (Wildman–Crippen MR) is 69.9 cm³/mol. The van der Waals surface area contributed by atoms with Crippen molar-refractivity contribution in [3.05, 3.63) is 39.9 Å². The number of hydrogen-bond donors (Lipinski definition) is 1. The van der Waals surface area contributed by atoms with E-state index in [1.807, 2.05) is 0 Å². The molecule has 0 aromatic heterocycles. The number of nitrogens with zero attached hydrogens (tertiary/aromatic N) is 2. The van der Waals surface area contributed by atoms with Crippen molar-refractivity contribution in [2.75, 3.05) is 13.1 Å². The highest BCUT2D eigenvalue weighted by Crippen LogP contribution is 2.13. The molecule has 5 heteroatoms. The van der Waals surface area contributed by atoms with Crippen LogP contribution in [0, 0.1) is 10.1 Å². The van der Waals surface area contributed by atoms with E-state index in [1.54, 1.807) is 12.1 Å². The molecular formula is C13H18N3O2+. The molecule has 1 aromatic carbocycles. The monoisotopic (exact) mass is 248 g/mol. The van der Waals surface area contributed by atoms with Crippen LogP contribution >= 0.6 is 0 Å². The Morgan fingerprint density at radius 1 is 1.11 bits per heavy atom. The van der Waals surface area contributed by atoms with Crippen LogP contribution in [0.5, 0.6) is 0 Å². The van der Waals surface area contributed by atoms with E-state index in [0.29, 0.717) is 0 Å². The van der Waals surface area contributed by atoms with Gasteiger partial charge in [-0.3, -0.25) is 20.4 Å². The van der Waals surface area contributed by atoms with Crippen LogP contribution in [0.4, 0.5) is 5.69 Å².